The summed E-state index contributed by atoms with van der Waals surface area (Å²) in [5, 5.41) is 11.7. The van der Waals surface area contributed by atoms with Crippen molar-refractivity contribution in [1.29, 1.82) is 0 Å². The quantitative estimate of drug-likeness (QED) is 0.345. The minimum Gasteiger partial charge on any atom is -0.480 e. The van der Waals surface area contributed by atoms with Crippen LogP contribution in [0, 0.1) is 5.92 Å². The summed E-state index contributed by atoms with van der Waals surface area (Å²) in [6.45, 7) is 2.16. The Hall–Kier alpha value is -2.05. The topological polar surface area (TPSA) is 113 Å². The molecule has 7 heteroatoms. The summed E-state index contributed by atoms with van der Waals surface area (Å²) in [5.74, 6) is -5.58. The fraction of sp³-hybridized carbons (Fsp3) is 0.375. The predicted molar refractivity (Wildman–Crippen MR) is 49.1 cm³/mol. The lowest BCUT2D eigenvalue weighted by Gasteiger charge is -2.02. The number of carboxylic acid groups (broad SMARTS) is 1. The number of Topliss-reactive ketones (excluding diaryl/α,β-unsaturated/α-hetero) is 2. The number of nitrogens with one attached hydrogen (secondary N) is 1. The minimum absolute atomic E-state index is 0.506. The fourth-order valence-corrected chi connectivity index (χ4v) is 0.757. The van der Waals surface area contributed by atoms with Crippen molar-refractivity contribution in [2.75, 3.05) is 0 Å². The van der Waals surface area contributed by atoms with Crippen LogP contribution in [0.2, 0.25) is 0 Å². The Balaban J connectivity index is 4.53. The molecule has 1 atom stereocenters. The molecule has 0 saturated carbocycles. The molecule has 7 nitrogen and oxygen atoms in total. The molecule has 0 aromatic heterocycles. The lowest BCUT2D eigenvalue weighted by atomic mass is 10.0. The Morgan fingerprint density at radius 3 is 2.13 bits per heavy atom. The number of ketones is 2. The summed E-state index contributed by atoms with van der Waals surface area (Å²) in [4.78, 5) is 42.7. The van der Waals surface area contributed by atoms with Gasteiger partial charge in [0.15, 0.2) is 17.5 Å². The second-order valence-electron chi connectivity index (χ2n) is 2.71. The highest BCUT2D eigenvalue weighted by Gasteiger charge is 2.29. The van der Waals surface area contributed by atoms with Gasteiger partial charge in [0.2, 0.25) is 5.91 Å². The molecule has 0 radical (unpaired) electrons. The van der Waals surface area contributed by atoms with Gasteiger partial charge in [-0.05, 0) is 6.92 Å². The van der Waals surface area contributed by atoms with Gasteiger partial charge < -0.3 is 5.11 Å². The van der Waals surface area contributed by atoms with E-state index in [1.165, 1.54) is 6.92 Å². The van der Waals surface area contributed by atoms with Gasteiger partial charge in [0, 0.05) is 6.92 Å². The Morgan fingerprint density at radius 2 is 1.80 bits per heavy atom. The largest absolute Gasteiger partial charge is 0.480 e. The van der Waals surface area contributed by atoms with E-state index in [2.05, 4.69) is 5.10 Å². The number of hydrogen-bond donors (Lipinski definition) is 2. The molecule has 0 saturated heterocycles. The third kappa shape index (κ3) is 4.65. The monoisotopic (exact) mass is 214 g/mol. The third-order valence-electron chi connectivity index (χ3n) is 1.35. The van der Waals surface area contributed by atoms with Crippen LogP contribution >= 0.6 is 0 Å². The summed E-state index contributed by atoms with van der Waals surface area (Å²) in [6.07, 6.45) is 0.599. The van der Waals surface area contributed by atoms with E-state index in [0.717, 1.165) is 6.92 Å². The third-order valence-corrected chi connectivity index (χ3v) is 1.35. The maximum absolute atomic E-state index is 11.1. The highest BCUT2D eigenvalue weighted by molar-refractivity contribution is 6.38. The number of hydrogen-bond acceptors (Lipinski definition) is 5. The standard InChI is InChI=1S/C8H10N2O5/c1-4(11)7(8(14)15)6(13)3-9-10-5(2)12/h3,7H,1-2H3,(H,10,12)(H,14,15)/b9-3+. The average molecular weight is 214 g/mol. The van der Waals surface area contributed by atoms with Gasteiger partial charge in [-0.25, -0.2) is 5.43 Å². The van der Waals surface area contributed by atoms with Crippen molar-refractivity contribution in [2.45, 2.75) is 13.8 Å². The molecule has 0 spiro atoms. The van der Waals surface area contributed by atoms with E-state index in [9.17, 15) is 19.2 Å². The van der Waals surface area contributed by atoms with Crippen molar-refractivity contribution < 1.29 is 24.3 Å². The second-order valence-corrected chi connectivity index (χ2v) is 2.71. The Bertz CT molecular complexity index is 320. The van der Waals surface area contributed by atoms with Crippen LogP contribution in [0.15, 0.2) is 5.10 Å². The molecule has 0 aromatic rings. The molecule has 0 aliphatic heterocycles. The first-order chi connectivity index (χ1) is 6.86. The van der Waals surface area contributed by atoms with Crippen molar-refractivity contribution in [3.63, 3.8) is 0 Å². The lowest BCUT2D eigenvalue weighted by molar-refractivity contribution is -0.148. The smallest absolute Gasteiger partial charge is 0.322 e. The highest BCUT2D eigenvalue weighted by atomic mass is 16.4. The predicted octanol–water partition coefficient (Wildman–Crippen LogP) is -1.03. The van der Waals surface area contributed by atoms with Crippen LogP contribution in [0.3, 0.4) is 0 Å². The number of carbonyl (C=O) groups is 4. The molecule has 0 fully saturated rings. The summed E-state index contributed by atoms with van der Waals surface area (Å²) in [5.41, 5.74) is 1.91. The van der Waals surface area contributed by atoms with E-state index in [1.54, 1.807) is 0 Å². The molecule has 0 rings (SSSR count). The molecule has 0 bridgehead atoms. The summed E-state index contributed by atoms with van der Waals surface area (Å²) in [7, 11) is 0. The fourth-order valence-electron chi connectivity index (χ4n) is 0.757. The van der Waals surface area contributed by atoms with Gasteiger partial charge in [0.1, 0.15) is 0 Å². The molecule has 0 aliphatic rings. The maximum atomic E-state index is 11.1. The number of amides is 1. The molecule has 0 aliphatic carbocycles. The Morgan fingerprint density at radius 1 is 1.27 bits per heavy atom. The first-order valence-corrected chi connectivity index (χ1v) is 3.93. The van der Waals surface area contributed by atoms with Crippen molar-refractivity contribution in [1.82, 2.24) is 5.43 Å². The first-order valence-electron chi connectivity index (χ1n) is 3.93. The SMILES string of the molecule is CC(=O)N/N=C/C(=O)C(C(C)=O)C(=O)O. The van der Waals surface area contributed by atoms with Gasteiger partial charge in [-0.15, -0.1) is 0 Å². The van der Waals surface area contributed by atoms with Crippen LogP contribution in [-0.4, -0.2) is 34.8 Å². The van der Waals surface area contributed by atoms with Crippen molar-refractivity contribution in [3.8, 4) is 0 Å². The number of carbonyl (C=O) groups excluding carboxylic acids is 3. The normalized spacial score (nSPS) is 12.1. The number of rotatable bonds is 5. The maximum Gasteiger partial charge on any atom is 0.322 e. The van der Waals surface area contributed by atoms with E-state index >= 15 is 0 Å². The molecular weight excluding hydrogens is 204 g/mol. The van der Waals surface area contributed by atoms with Gasteiger partial charge in [0.25, 0.3) is 0 Å². The zero-order valence-corrected chi connectivity index (χ0v) is 8.18. The molecule has 2 N–H and O–H groups in total. The van der Waals surface area contributed by atoms with E-state index in [4.69, 9.17) is 5.11 Å². The van der Waals surface area contributed by atoms with Gasteiger partial charge in [0.05, 0.1) is 6.21 Å². The van der Waals surface area contributed by atoms with Crippen molar-refractivity contribution in [3.05, 3.63) is 0 Å². The minimum atomic E-state index is -1.76. The van der Waals surface area contributed by atoms with E-state index < -0.39 is 29.4 Å². The van der Waals surface area contributed by atoms with Crippen LogP contribution in [0.1, 0.15) is 13.8 Å². The van der Waals surface area contributed by atoms with Crippen molar-refractivity contribution in [2.24, 2.45) is 11.0 Å². The molecule has 0 heterocycles. The van der Waals surface area contributed by atoms with E-state index in [0.29, 0.717) is 6.21 Å². The number of aliphatic carboxylic acids is 1. The van der Waals surface area contributed by atoms with Gasteiger partial charge in [-0.3, -0.25) is 19.2 Å². The molecular formula is C8H10N2O5. The van der Waals surface area contributed by atoms with E-state index in [-0.39, 0.29) is 0 Å². The summed E-state index contributed by atoms with van der Waals surface area (Å²) < 4.78 is 0. The van der Waals surface area contributed by atoms with Crippen molar-refractivity contribution >= 4 is 29.7 Å². The molecule has 1 amide bonds. The Labute approximate surface area is 85.1 Å². The number of nitrogens with zero attached hydrogens (tertiary/aromatic N) is 1. The average Bonchev–Trinajstić information content (AvgIpc) is 2.01. The zero-order chi connectivity index (χ0) is 12.0. The molecule has 0 aromatic carbocycles. The van der Waals surface area contributed by atoms with Crippen LogP contribution < -0.4 is 5.43 Å². The van der Waals surface area contributed by atoms with Crippen LogP contribution in [0.4, 0.5) is 0 Å². The summed E-state index contributed by atoms with van der Waals surface area (Å²) >= 11 is 0. The molecule has 82 valence electrons. The second kappa shape index (κ2) is 5.63. The molecule has 15 heavy (non-hydrogen) atoms. The highest BCUT2D eigenvalue weighted by Crippen LogP contribution is 1.99. The summed E-state index contributed by atoms with van der Waals surface area (Å²) in [6, 6.07) is 0. The van der Waals surface area contributed by atoms with Crippen LogP contribution in [-0.2, 0) is 19.2 Å². The molecule has 1 unspecified atom stereocenters. The van der Waals surface area contributed by atoms with E-state index in [1.807, 2.05) is 5.43 Å². The van der Waals surface area contributed by atoms with Gasteiger partial charge >= 0.3 is 5.97 Å². The number of hydrazone groups is 1. The first kappa shape index (κ1) is 12.9. The van der Waals surface area contributed by atoms with Crippen LogP contribution in [0.25, 0.3) is 0 Å². The zero-order valence-electron chi connectivity index (χ0n) is 8.18. The number of carboxylic acids is 1. The Kier molecular flexibility index (Phi) is 4.86. The van der Waals surface area contributed by atoms with Gasteiger partial charge in [-0.2, -0.15) is 5.10 Å². The van der Waals surface area contributed by atoms with Gasteiger partial charge in [-0.1, -0.05) is 0 Å². The lowest BCUT2D eigenvalue weighted by Crippen LogP contribution is -2.31. The van der Waals surface area contributed by atoms with Crippen LogP contribution in [0.5, 0.6) is 0 Å².